The molecular weight excluding hydrogens is 206 g/mol. The van der Waals surface area contributed by atoms with E-state index in [9.17, 15) is 8.78 Å². The van der Waals surface area contributed by atoms with Crippen LogP contribution in [-0.2, 0) is 0 Å². The van der Waals surface area contributed by atoms with Crippen LogP contribution in [0.2, 0.25) is 0 Å². The first-order chi connectivity index (χ1) is 7.77. The molecule has 0 spiro atoms. The summed E-state index contributed by atoms with van der Waals surface area (Å²) in [6.07, 6.45) is 0. The van der Waals surface area contributed by atoms with E-state index >= 15 is 0 Å². The highest BCUT2D eigenvalue weighted by atomic mass is 19.1. The van der Waals surface area contributed by atoms with Gasteiger partial charge in [0.1, 0.15) is 11.6 Å². The minimum atomic E-state index is -0.513. The normalized spacial score (nSPS) is 11.1. The molecular formula is C14H8F2. The van der Waals surface area contributed by atoms with E-state index in [2.05, 4.69) is 0 Å². The van der Waals surface area contributed by atoms with E-state index in [1.165, 1.54) is 12.1 Å². The van der Waals surface area contributed by atoms with Gasteiger partial charge in [-0.3, -0.25) is 0 Å². The Morgan fingerprint density at radius 1 is 0.688 bits per heavy atom. The van der Waals surface area contributed by atoms with Crippen molar-refractivity contribution in [3.05, 3.63) is 60.2 Å². The molecule has 3 aromatic rings. The van der Waals surface area contributed by atoms with Crippen LogP contribution in [-0.4, -0.2) is 0 Å². The zero-order chi connectivity index (χ0) is 11.1. The summed E-state index contributed by atoms with van der Waals surface area (Å²) in [5.74, 6) is -1.02. The summed E-state index contributed by atoms with van der Waals surface area (Å²) in [5.41, 5.74) is 0. The van der Waals surface area contributed by atoms with Gasteiger partial charge in [-0.2, -0.15) is 0 Å². The van der Waals surface area contributed by atoms with Crippen LogP contribution in [0.3, 0.4) is 0 Å². The SMILES string of the molecule is Fc1cccc2c1c(F)cc1ccccc12. The maximum Gasteiger partial charge on any atom is 0.134 e. The van der Waals surface area contributed by atoms with Gasteiger partial charge in [-0.15, -0.1) is 0 Å². The van der Waals surface area contributed by atoms with Gasteiger partial charge in [0.15, 0.2) is 0 Å². The Labute approximate surface area is 91.1 Å². The first-order valence-electron chi connectivity index (χ1n) is 5.03. The molecule has 0 aliphatic heterocycles. The highest BCUT2D eigenvalue weighted by Gasteiger charge is 2.09. The molecule has 2 heteroatoms. The van der Waals surface area contributed by atoms with E-state index < -0.39 is 11.6 Å². The van der Waals surface area contributed by atoms with Gasteiger partial charge >= 0.3 is 0 Å². The molecule has 0 radical (unpaired) electrons. The van der Waals surface area contributed by atoms with Crippen molar-refractivity contribution >= 4 is 21.5 Å². The van der Waals surface area contributed by atoms with E-state index in [-0.39, 0.29) is 5.39 Å². The summed E-state index contributed by atoms with van der Waals surface area (Å²) in [6, 6.07) is 13.4. The molecule has 0 bridgehead atoms. The van der Waals surface area contributed by atoms with Crippen LogP contribution < -0.4 is 0 Å². The molecule has 0 saturated heterocycles. The maximum atomic E-state index is 13.7. The zero-order valence-corrected chi connectivity index (χ0v) is 8.37. The van der Waals surface area contributed by atoms with Crippen LogP contribution >= 0.6 is 0 Å². The van der Waals surface area contributed by atoms with E-state index in [1.54, 1.807) is 12.1 Å². The number of benzene rings is 3. The van der Waals surface area contributed by atoms with Crippen LogP contribution in [0.15, 0.2) is 48.5 Å². The lowest BCUT2D eigenvalue weighted by molar-refractivity contribution is 0.609. The second-order valence-electron chi connectivity index (χ2n) is 3.74. The van der Waals surface area contributed by atoms with Crippen LogP contribution in [0.5, 0.6) is 0 Å². The van der Waals surface area contributed by atoms with Crippen molar-refractivity contribution in [3.63, 3.8) is 0 Å². The summed E-state index contributed by atoms with van der Waals surface area (Å²) in [5, 5.41) is 2.35. The van der Waals surface area contributed by atoms with Gasteiger partial charge in [0.25, 0.3) is 0 Å². The van der Waals surface area contributed by atoms with Crippen molar-refractivity contribution in [3.8, 4) is 0 Å². The van der Waals surface area contributed by atoms with Crippen LogP contribution in [0, 0.1) is 11.6 Å². The quantitative estimate of drug-likeness (QED) is 0.490. The second-order valence-corrected chi connectivity index (χ2v) is 3.74. The molecule has 0 saturated carbocycles. The molecule has 0 fully saturated rings. The summed E-state index contributed by atoms with van der Waals surface area (Å²) in [6.45, 7) is 0. The van der Waals surface area contributed by atoms with Crippen molar-refractivity contribution in [2.24, 2.45) is 0 Å². The summed E-state index contributed by atoms with van der Waals surface area (Å²) in [4.78, 5) is 0. The predicted molar refractivity (Wildman–Crippen MR) is 61.4 cm³/mol. The summed E-state index contributed by atoms with van der Waals surface area (Å²) < 4.78 is 27.3. The first-order valence-corrected chi connectivity index (χ1v) is 5.03. The van der Waals surface area contributed by atoms with Crippen molar-refractivity contribution in [1.82, 2.24) is 0 Å². The Morgan fingerprint density at radius 2 is 1.44 bits per heavy atom. The lowest BCUT2D eigenvalue weighted by Gasteiger charge is -2.05. The molecule has 0 nitrogen and oxygen atoms in total. The fraction of sp³-hybridized carbons (Fsp3) is 0. The minimum Gasteiger partial charge on any atom is -0.206 e. The second kappa shape index (κ2) is 3.27. The smallest absolute Gasteiger partial charge is 0.134 e. The van der Waals surface area contributed by atoms with Crippen molar-refractivity contribution in [2.45, 2.75) is 0 Å². The Kier molecular flexibility index (Phi) is 1.90. The molecule has 0 N–H and O–H groups in total. The third-order valence-electron chi connectivity index (χ3n) is 2.79. The Morgan fingerprint density at radius 3 is 2.31 bits per heavy atom. The first kappa shape index (κ1) is 9.28. The largest absolute Gasteiger partial charge is 0.206 e. The fourth-order valence-electron chi connectivity index (χ4n) is 2.07. The molecule has 0 atom stereocenters. The number of fused-ring (bicyclic) bond motifs is 3. The monoisotopic (exact) mass is 214 g/mol. The number of hydrogen-bond donors (Lipinski definition) is 0. The van der Waals surface area contributed by atoms with Gasteiger partial charge in [0, 0.05) is 0 Å². The maximum absolute atomic E-state index is 13.7. The Bertz CT molecular complexity index is 687. The van der Waals surface area contributed by atoms with E-state index in [4.69, 9.17) is 0 Å². The number of rotatable bonds is 0. The molecule has 3 aromatic carbocycles. The molecule has 78 valence electrons. The number of halogens is 2. The average Bonchev–Trinajstić information content (AvgIpc) is 2.29. The standard InChI is InChI=1S/C14H8F2/c15-12-7-3-6-11-10-5-2-1-4-9(10)8-13(16)14(11)12/h1-8H. The van der Waals surface area contributed by atoms with Gasteiger partial charge in [-0.05, 0) is 28.3 Å². The highest BCUT2D eigenvalue weighted by Crippen LogP contribution is 2.29. The molecule has 0 aliphatic carbocycles. The number of hydrogen-bond acceptors (Lipinski definition) is 0. The van der Waals surface area contributed by atoms with Gasteiger partial charge < -0.3 is 0 Å². The lowest BCUT2D eigenvalue weighted by atomic mass is 10.0. The van der Waals surface area contributed by atoms with Crippen molar-refractivity contribution in [1.29, 1.82) is 0 Å². The van der Waals surface area contributed by atoms with E-state index in [0.717, 1.165) is 10.8 Å². The fourth-order valence-corrected chi connectivity index (χ4v) is 2.07. The van der Waals surface area contributed by atoms with E-state index in [0.29, 0.717) is 5.39 Å². The van der Waals surface area contributed by atoms with Crippen molar-refractivity contribution in [2.75, 3.05) is 0 Å². The topological polar surface area (TPSA) is 0 Å². The predicted octanol–water partition coefficient (Wildman–Crippen LogP) is 4.27. The molecule has 3 rings (SSSR count). The third kappa shape index (κ3) is 1.20. The van der Waals surface area contributed by atoms with Gasteiger partial charge in [0.2, 0.25) is 0 Å². The Balaban J connectivity index is 2.65. The molecule has 0 aliphatic rings. The summed E-state index contributed by atoms with van der Waals surface area (Å²) in [7, 11) is 0. The van der Waals surface area contributed by atoms with Gasteiger partial charge in [-0.25, -0.2) is 8.78 Å². The van der Waals surface area contributed by atoms with Crippen molar-refractivity contribution < 1.29 is 8.78 Å². The highest BCUT2D eigenvalue weighted by molar-refractivity contribution is 6.07. The molecule has 0 amide bonds. The average molecular weight is 214 g/mol. The third-order valence-corrected chi connectivity index (χ3v) is 2.79. The molecule has 0 unspecified atom stereocenters. The van der Waals surface area contributed by atoms with Gasteiger partial charge in [-0.1, -0.05) is 36.4 Å². The minimum absolute atomic E-state index is 0.0706. The lowest BCUT2D eigenvalue weighted by Crippen LogP contribution is -1.86. The van der Waals surface area contributed by atoms with Crippen LogP contribution in [0.25, 0.3) is 21.5 Å². The van der Waals surface area contributed by atoms with Crippen LogP contribution in [0.1, 0.15) is 0 Å². The molecule has 0 heterocycles. The summed E-state index contributed by atoms with van der Waals surface area (Å²) >= 11 is 0. The molecule has 16 heavy (non-hydrogen) atoms. The van der Waals surface area contributed by atoms with Gasteiger partial charge in [0.05, 0.1) is 5.39 Å². The Hall–Kier alpha value is -1.96. The van der Waals surface area contributed by atoms with Crippen LogP contribution in [0.4, 0.5) is 8.78 Å². The van der Waals surface area contributed by atoms with E-state index in [1.807, 2.05) is 24.3 Å². The zero-order valence-electron chi connectivity index (χ0n) is 8.37. The molecule has 0 aromatic heterocycles.